The largest absolute Gasteiger partial charge is 0.379 e. The standard InChI is InChI=1S/C13H24N2O2.ClH/c1-13(6-9-17-10-13)15-12(16)3-2-11-4-7-14-8-5-11;/h11,14H,2-10H2,1H3,(H,15,16);1H. The lowest BCUT2D eigenvalue weighted by atomic mass is 9.92. The first-order valence-corrected chi connectivity index (χ1v) is 6.77. The number of halogens is 1. The number of carbonyl (C=O) groups excluding carboxylic acids is 1. The van der Waals surface area contributed by atoms with E-state index in [1.165, 1.54) is 12.8 Å². The number of nitrogens with one attached hydrogen (secondary N) is 2. The van der Waals surface area contributed by atoms with Crippen LogP contribution in [-0.4, -0.2) is 37.7 Å². The van der Waals surface area contributed by atoms with Crippen molar-refractivity contribution in [3.63, 3.8) is 0 Å². The predicted octanol–water partition coefficient (Wildman–Crippen LogP) is 1.48. The van der Waals surface area contributed by atoms with Gasteiger partial charge in [-0.15, -0.1) is 12.4 Å². The molecule has 0 radical (unpaired) electrons. The van der Waals surface area contributed by atoms with Crippen molar-refractivity contribution in [1.82, 2.24) is 10.6 Å². The maximum atomic E-state index is 11.9. The van der Waals surface area contributed by atoms with E-state index < -0.39 is 0 Å². The van der Waals surface area contributed by atoms with Gasteiger partial charge in [-0.2, -0.15) is 0 Å². The summed E-state index contributed by atoms with van der Waals surface area (Å²) in [4.78, 5) is 11.9. The molecule has 0 aromatic heterocycles. The van der Waals surface area contributed by atoms with Crippen molar-refractivity contribution in [1.29, 1.82) is 0 Å². The van der Waals surface area contributed by atoms with Gasteiger partial charge in [0, 0.05) is 13.0 Å². The zero-order chi connectivity index (χ0) is 12.1. The van der Waals surface area contributed by atoms with Crippen molar-refractivity contribution in [2.24, 2.45) is 5.92 Å². The SMILES string of the molecule is CC1(NC(=O)CCC2CCNCC2)CCOC1.Cl. The van der Waals surface area contributed by atoms with Crippen LogP contribution in [0.2, 0.25) is 0 Å². The van der Waals surface area contributed by atoms with Gasteiger partial charge < -0.3 is 15.4 Å². The molecule has 2 heterocycles. The number of carbonyl (C=O) groups is 1. The van der Waals surface area contributed by atoms with Gasteiger partial charge in [-0.3, -0.25) is 4.79 Å². The summed E-state index contributed by atoms with van der Waals surface area (Å²) < 4.78 is 5.33. The zero-order valence-corrected chi connectivity index (χ0v) is 12.0. The molecule has 0 spiro atoms. The van der Waals surface area contributed by atoms with E-state index in [-0.39, 0.29) is 23.9 Å². The van der Waals surface area contributed by atoms with Gasteiger partial charge in [0.05, 0.1) is 12.1 Å². The zero-order valence-electron chi connectivity index (χ0n) is 11.2. The smallest absolute Gasteiger partial charge is 0.220 e. The highest BCUT2D eigenvalue weighted by Gasteiger charge is 2.31. The second-order valence-corrected chi connectivity index (χ2v) is 5.64. The maximum absolute atomic E-state index is 11.9. The van der Waals surface area contributed by atoms with Crippen LogP contribution in [0.5, 0.6) is 0 Å². The first-order valence-electron chi connectivity index (χ1n) is 6.77. The van der Waals surface area contributed by atoms with E-state index in [0.29, 0.717) is 13.0 Å². The van der Waals surface area contributed by atoms with E-state index in [1.807, 2.05) is 0 Å². The van der Waals surface area contributed by atoms with Gasteiger partial charge >= 0.3 is 0 Å². The molecule has 2 aliphatic heterocycles. The molecule has 0 aliphatic carbocycles. The highest BCUT2D eigenvalue weighted by atomic mass is 35.5. The molecular formula is C13H25ClN2O2. The Hall–Kier alpha value is -0.320. The van der Waals surface area contributed by atoms with Crippen LogP contribution in [0.3, 0.4) is 0 Å². The first kappa shape index (κ1) is 15.7. The number of ether oxygens (including phenoxy) is 1. The van der Waals surface area contributed by atoms with Gasteiger partial charge in [0.15, 0.2) is 0 Å². The van der Waals surface area contributed by atoms with Crippen LogP contribution in [0.4, 0.5) is 0 Å². The van der Waals surface area contributed by atoms with Gasteiger partial charge in [0.2, 0.25) is 5.91 Å². The second kappa shape index (κ2) is 7.31. The Kier molecular flexibility index (Phi) is 6.39. The minimum atomic E-state index is -0.120. The Bertz CT molecular complexity index is 262. The molecule has 0 bridgehead atoms. The molecular weight excluding hydrogens is 252 g/mol. The number of amides is 1. The van der Waals surface area contributed by atoms with Gasteiger partial charge in [-0.1, -0.05) is 0 Å². The summed E-state index contributed by atoms with van der Waals surface area (Å²) in [6.45, 7) is 5.72. The fourth-order valence-corrected chi connectivity index (χ4v) is 2.67. The Morgan fingerprint density at radius 1 is 1.44 bits per heavy atom. The molecule has 0 aromatic carbocycles. The summed E-state index contributed by atoms with van der Waals surface area (Å²) in [5.74, 6) is 0.922. The summed E-state index contributed by atoms with van der Waals surface area (Å²) in [6, 6.07) is 0. The molecule has 0 aromatic rings. The molecule has 1 amide bonds. The Morgan fingerprint density at radius 3 is 2.78 bits per heavy atom. The first-order chi connectivity index (χ1) is 8.18. The molecule has 4 nitrogen and oxygen atoms in total. The fourth-order valence-electron chi connectivity index (χ4n) is 2.67. The summed E-state index contributed by atoms with van der Waals surface area (Å²) >= 11 is 0. The van der Waals surface area contributed by atoms with Crippen molar-refractivity contribution < 1.29 is 9.53 Å². The van der Waals surface area contributed by atoms with E-state index in [1.54, 1.807) is 0 Å². The molecule has 18 heavy (non-hydrogen) atoms. The second-order valence-electron chi connectivity index (χ2n) is 5.64. The molecule has 2 saturated heterocycles. The molecule has 2 rings (SSSR count). The summed E-state index contributed by atoms with van der Waals surface area (Å²) in [6.07, 6.45) is 5.07. The lowest BCUT2D eigenvalue weighted by Gasteiger charge is -2.25. The quantitative estimate of drug-likeness (QED) is 0.818. The van der Waals surface area contributed by atoms with Crippen LogP contribution in [0.25, 0.3) is 0 Å². The van der Waals surface area contributed by atoms with Gasteiger partial charge in [0.1, 0.15) is 0 Å². The molecule has 1 atom stereocenters. The van der Waals surface area contributed by atoms with Crippen LogP contribution in [-0.2, 0) is 9.53 Å². The topological polar surface area (TPSA) is 50.4 Å². The summed E-state index contributed by atoms with van der Waals surface area (Å²) in [5, 5.41) is 6.47. The Labute approximate surface area is 116 Å². The minimum Gasteiger partial charge on any atom is -0.379 e. The van der Waals surface area contributed by atoms with Gasteiger partial charge in [0.25, 0.3) is 0 Å². The third kappa shape index (κ3) is 4.75. The lowest BCUT2D eigenvalue weighted by Crippen LogP contribution is -2.46. The van der Waals surface area contributed by atoms with E-state index in [0.717, 1.165) is 38.5 Å². The Balaban J connectivity index is 0.00000162. The van der Waals surface area contributed by atoms with Crippen LogP contribution in [0, 0.1) is 5.92 Å². The number of hydrogen-bond acceptors (Lipinski definition) is 3. The van der Waals surface area contributed by atoms with Crippen LogP contribution in [0.15, 0.2) is 0 Å². The minimum absolute atomic E-state index is 0. The van der Waals surface area contributed by atoms with E-state index in [9.17, 15) is 4.79 Å². The van der Waals surface area contributed by atoms with Crippen molar-refractivity contribution in [2.45, 2.75) is 44.6 Å². The van der Waals surface area contributed by atoms with Crippen LogP contribution >= 0.6 is 12.4 Å². The molecule has 106 valence electrons. The highest BCUT2D eigenvalue weighted by molar-refractivity contribution is 5.85. The average Bonchev–Trinajstić information content (AvgIpc) is 2.74. The number of rotatable bonds is 4. The molecule has 2 fully saturated rings. The molecule has 1 unspecified atom stereocenters. The average molecular weight is 277 g/mol. The van der Waals surface area contributed by atoms with Crippen LogP contribution < -0.4 is 10.6 Å². The molecule has 0 saturated carbocycles. The van der Waals surface area contributed by atoms with E-state index in [4.69, 9.17) is 4.74 Å². The van der Waals surface area contributed by atoms with Crippen LogP contribution in [0.1, 0.15) is 39.0 Å². The number of hydrogen-bond donors (Lipinski definition) is 2. The Morgan fingerprint density at radius 2 is 2.17 bits per heavy atom. The highest BCUT2D eigenvalue weighted by Crippen LogP contribution is 2.20. The fraction of sp³-hybridized carbons (Fsp3) is 0.923. The maximum Gasteiger partial charge on any atom is 0.220 e. The normalized spacial score (nSPS) is 28.7. The van der Waals surface area contributed by atoms with Crippen molar-refractivity contribution >= 4 is 18.3 Å². The third-order valence-electron chi connectivity index (χ3n) is 3.90. The summed E-state index contributed by atoms with van der Waals surface area (Å²) in [5.41, 5.74) is -0.120. The lowest BCUT2D eigenvalue weighted by molar-refractivity contribution is -0.123. The van der Waals surface area contributed by atoms with Crippen molar-refractivity contribution in [3.05, 3.63) is 0 Å². The van der Waals surface area contributed by atoms with Crippen molar-refractivity contribution in [2.75, 3.05) is 26.3 Å². The van der Waals surface area contributed by atoms with Crippen molar-refractivity contribution in [3.8, 4) is 0 Å². The third-order valence-corrected chi connectivity index (χ3v) is 3.90. The predicted molar refractivity (Wildman–Crippen MR) is 74.1 cm³/mol. The van der Waals surface area contributed by atoms with Gasteiger partial charge in [-0.25, -0.2) is 0 Å². The monoisotopic (exact) mass is 276 g/mol. The van der Waals surface area contributed by atoms with Gasteiger partial charge in [-0.05, 0) is 51.6 Å². The van der Waals surface area contributed by atoms with E-state index in [2.05, 4.69) is 17.6 Å². The van der Waals surface area contributed by atoms with E-state index >= 15 is 0 Å². The molecule has 2 aliphatic rings. The molecule has 5 heteroatoms. The number of piperidine rings is 1. The summed E-state index contributed by atoms with van der Waals surface area (Å²) in [7, 11) is 0. The molecule has 2 N–H and O–H groups in total.